The zero-order valence-corrected chi connectivity index (χ0v) is 27.6. The molecule has 3 unspecified atom stereocenters. The lowest BCUT2D eigenvalue weighted by Crippen LogP contribution is -2.59. The number of nitrogens with zero attached hydrogens (tertiary/aromatic N) is 2. The van der Waals surface area contributed by atoms with E-state index >= 15 is 4.39 Å². The molecule has 2 heterocycles. The number of likely N-dealkylation sites (tertiary alicyclic amines) is 1. The first-order valence-corrected chi connectivity index (χ1v) is 16.2. The number of rotatable bonds is 14. The Labute approximate surface area is 250 Å². The number of fused-ring (bicyclic) bond motifs is 1. The molecule has 0 bridgehead atoms. The maximum Gasteiger partial charge on any atom is 0.130 e. The van der Waals surface area contributed by atoms with Crippen LogP contribution in [0.15, 0.2) is 34.4 Å². The Hall–Kier alpha value is -1.25. The molecule has 0 aromatic heterocycles. The molecule has 2 aliphatic heterocycles. The second kappa shape index (κ2) is 15.0. The van der Waals surface area contributed by atoms with Crippen molar-refractivity contribution >= 4 is 0 Å². The van der Waals surface area contributed by atoms with Gasteiger partial charge >= 0.3 is 0 Å². The zero-order valence-electron chi connectivity index (χ0n) is 27.6. The number of methoxy groups -OCH3 is 1. The summed E-state index contributed by atoms with van der Waals surface area (Å²) in [5, 5.41) is 15.1. The maximum atomic E-state index is 15.8. The van der Waals surface area contributed by atoms with Gasteiger partial charge < -0.3 is 19.9 Å². The van der Waals surface area contributed by atoms with Gasteiger partial charge in [-0.25, -0.2) is 4.39 Å². The van der Waals surface area contributed by atoms with Gasteiger partial charge in [0.25, 0.3) is 0 Å². The van der Waals surface area contributed by atoms with E-state index in [1.54, 1.807) is 7.11 Å². The summed E-state index contributed by atoms with van der Waals surface area (Å²) in [5.41, 5.74) is 2.68. The lowest BCUT2D eigenvalue weighted by molar-refractivity contribution is -0.0148. The van der Waals surface area contributed by atoms with Crippen LogP contribution in [-0.2, 0) is 9.47 Å². The van der Waals surface area contributed by atoms with Crippen LogP contribution >= 0.6 is 0 Å². The Bertz CT molecular complexity index is 949. The minimum Gasteiger partial charge on any atom is -0.498 e. The summed E-state index contributed by atoms with van der Waals surface area (Å²) in [7, 11) is 1.78. The van der Waals surface area contributed by atoms with Gasteiger partial charge in [-0.2, -0.15) is 0 Å². The first-order chi connectivity index (χ1) is 19.3. The Kier molecular flexibility index (Phi) is 12.5. The van der Waals surface area contributed by atoms with E-state index in [9.17, 15) is 5.11 Å². The number of piperazine rings is 1. The predicted molar refractivity (Wildman–Crippen MR) is 168 cm³/mol. The van der Waals surface area contributed by atoms with Crippen LogP contribution in [0.2, 0.25) is 0 Å². The van der Waals surface area contributed by atoms with Crippen molar-refractivity contribution in [3.05, 3.63) is 34.4 Å². The Morgan fingerprint density at radius 2 is 1.85 bits per heavy atom. The van der Waals surface area contributed by atoms with Crippen molar-refractivity contribution < 1.29 is 19.0 Å². The largest absolute Gasteiger partial charge is 0.498 e. The fourth-order valence-electron chi connectivity index (χ4n) is 6.67. The van der Waals surface area contributed by atoms with Gasteiger partial charge in [-0.1, -0.05) is 40.7 Å². The topological polar surface area (TPSA) is 57.2 Å². The molecule has 3 rings (SSSR count). The minimum atomic E-state index is -0.544. The number of aliphatic hydroxyl groups excluding tert-OH is 1. The highest BCUT2D eigenvalue weighted by Crippen LogP contribution is 2.43. The standard InChI is InChI=1S/C34H60FN3O3/c1-10-24(3)31-30(41-11-2)20-27-22-37(23-28(27)32(31)35)17-13-29(39)26(12-14-33(5,6)7)21-34(8,25(4)40-9)38-18-15-36-16-19-38/h21,24-25,27,29,36,39H,10-20,22-23H2,1-9H3/b26-21+/t24-,25-,27?,29?,34?/m0/s1. The number of hydrogen-bond acceptors (Lipinski definition) is 6. The van der Waals surface area contributed by atoms with Crippen molar-refractivity contribution in [1.82, 2.24) is 15.1 Å². The second-order valence-corrected chi connectivity index (χ2v) is 14.0. The third kappa shape index (κ3) is 8.66. The first kappa shape index (κ1) is 34.2. The molecule has 3 aliphatic rings. The summed E-state index contributed by atoms with van der Waals surface area (Å²) in [4.78, 5) is 4.83. The van der Waals surface area contributed by atoms with Crippen LogP contribution in [0.4, 0.5) is 4.39 Å². The van der Waals surface area contributed by atoms with Crippen LogP contribution in [0.3, 0.4) is 0 Å². The number of aliphatic hydroxyl groups is 1. The second-order valence-electron chi connectivity index (χ2n) is 14.0. The molecule has 6 nitrogen and oxygen atoms in total. The monoisotopic (exact) mass is 577 g/mol. The van der Waals surface area contributed by atoms with Crippen molar-refractivity contribution in [1.29, 1.82) is 0 Å². The van der Waals surface area contributed by atoms with Gasteiger partial charge in [0.15, 0.2) is 0 Å². The average Bonchev–Trinajstić information content (AvgIpc) is 3.36. The highest BCUT2D eigenvalue weighted by molar-refractivity contribution is 5.41. The van der Waals surface area contributed by atoms with E-state index in [-0.39, 0.29) is 34.7 Å². The highest BCUT2D eigenvalue weighted by Gasteiger charge is 2.39. The average molecular weight is 578 g/mol. The molecule has 0 spiro atoms. The molecule has 2 N–H and O–H groups in total. The van der Waals surface area contributed by atoms with Gasteiger partial charge in [0.05, 0.1) is 24.4 Å². The van der Waals surface area contributed by atoms with Crippen molar-refractivity contribution in [2.75, 3.05) is 59.5 Å². The third-order valence-corrected chi connectivity index (χ3v) is 9.80. The van der Waals surface area contributed by atoms with Gasteiger partial charge in [-0.15, -0.1) is 0 Å². The van der Waals surface area contributed by atoms with E-state index in [1.807, 2.05) is 6.92 Å². The summed E-state index contributed by atoms with van der Waals surface area (Å²) in [5.74, 6) is 1.13. The van der Waals surface area contributed by atoms with E-state index in [1.165, 1.54) is 0 Å². The van der Waals surface area contributed by atoms with Crippen molar-refractivity contribution in [3.8, 4) is 0 Å². The molecule has 1 aliphatic carbocycles. The molecule has 41 heavy (non-hydrogen) atoms. The Balaban J connectivity index is 1.78. The molecule has 5 atom stereocenters. The van der Waals surface area contributed by atoms with Crippen LogP contribution in [0.1, 0.15) is 87.5 Å². The van der Waals surface area contributed by atoms with Gasteiger partial charge in [-0.3, -0.25) is 9.80 Å². The smallest absolute Gasteiger partial charge is 0.130 e. The van der Waals surface area contributed by atoms with E-state index in [4.69, 9.17) is 9.47 Å². The Morgan fingerprint density at radius 3 is 2.44 bits per heavy atom. The molecule has 2 fully saturated rings. The van der Waals surface area contributed by atoms with Gasteiger partial charge in [0.2, 0.25) is 0 Å². The fraction of sp³-hybridized carbons (Fsp3) is 0.824. The summed E-state index contributed by atoms with van der Waals surface area (Å²) in [6, 6.07) is 0. The SMILES string of the molecule is CCOC1=C([C@@H](C)CC)C(F)=C2CN(CCC(O)/C(=C/C(C)([C@H](C)OC)N3CCNCC3)CCC(C)(C)C)CC2C1. The van der Waals surface area contributed by atoms with Crippen LogP contribution < -0.4 is 5.32 Å². The molecule has 0 aromatic rings. The summed E-state index contributed by atoms with van der Waals surface area (Å²) in [6.07, 6.45) is 5.94. The number of hydrogen-bond donors (Lipinski definition) is 2. The first-order valence-electron chi connectivity index (χ1n) is 16.2. The molecule has 7 heteroatoms. The summed E-state index contributed by atoms with van der Waals surface area (Å²) >= 11 is 0. The molecule has 236 valence electrons. The molecule has 2 saturated heterocycles. The maximum absolute atomic E-state index is 15.8. The quantitative estimate of drug-likeness (QED) is 0.244. The lowest BCUT2D eigenvalue weighted by atomic mass is 9.83. The molecule has 0 radical (unpaired) electrons. The number of allylic oxidation sites excluding steroid dienone is 3. The van der Waals surface area contributed by atoms with Gasteiger partial charge in [-0.05, 0) is 68.9 Å². The van der Waals surface area contributed by atoms with Gasteiger partial charge in [0.1, 0.15) is 11.6 Å². The lowest BCUT2D eigenvalue weighted by Gasteiger charge is -2.45. The van der Waals surface area contributed by atoms with E-state index < -0.39 is 6.10 Å². The Morgan fingerprint density at radius 1 is 1.17 bits per heavy atom. The number of nitrogens with one attached hydrogen (secondary N) is 1. The molecule has 0 aromatic carbocycles. The minimum absolute atomic E-state index is 0.0131. The molecule has 0 amide bonds. The van der Waals surface area contributed by atoms with E-state index in [2.05, 4.69) is 69.7 Å². The normalized spacial score (nSPS) is 25.2. The van der Waals surface area contributed by atoms with Gasteiger partial charge in [0, 0.05) is 70.8 Å². The summed E-state index contributed by atoms with van der Waals surface area (Å²) in [6.45, 7) is 24.0. The third-order valence-electron chi connectivity index (χ3n) is 9.80. The van der Waals surface area contributed by atoms with Crippen molar-refractivity contribution in [2.45, 2.75) is 105 Å². The molecule has 0 saturated carbocycles. The van der Waals surface area contributed by atoms with E-state index in [0.717, 1.165) is 87.4 Å². The molecular weight excluding hydrogens is 517 g/mol. The number of halogens is 1. The highest BCUT2D eigenvalue weighted by atomic mass is 19.1. The zero-order chi connectivity index (χ0) is 30.4. The van der Waals surface area contributed by atoms with Crippen LogP contribution in [0.5, 0.6) is 0 Å². The van der Waals surface area contributed by atoms with E-state index in [0.29, 0.717) is 19.6 Å². The predicted octanol–water partition coefficient (Wildman–Crippen LogP) is 6.08. The molecular formula is C34H60FN3O3. The fourth-order valence-corrected chi connectivity index (χ4v) is 6.67. The van der Waals surface area contributed by atoms with Crippen molar-refractivity contribution in [2.24, 2.45) is 17.3 Å². The van der Waals surface area contributed by atoms with Crippen LogP contribution in [0.25, 0.3) is 0 Å². The van der Waals surface area contributed by atoms with Crippen LogP contribution in [0, 0.1) is 17.3 Å². The number of ether oxygens (including phenoxy) is 2. The van der Waals surface area contributed by atoms with Crippen molar-refractivity contribution in [3.63, 3.8) is 0 Å². The summed E-state index contributed by atoms with van der Waals surface area (Å²) < 4.78 is 27.7. The van der Waals surface area contributed by atoms with Crippen LogP contribution in [-0.4, -0.2) is 92.2 Å².